The van der Waals surface area contributed by atoms with Gasteiger partial charge in [0.25, 0.3) is 0 Å². The summed E-state index contributed by atoms with van der Waals surface area (Å²) in [6, 6.07) is -0.341. The smallest absolute Gasteiger partial charge is 0.203 e. The van der Waals surface area contributed by atoms with Gasteiger partial charge in [0.1, 0.15) is 5.76 Å². The average Bonchev–Trinajstić information content (AvgIpc) is 2.10. The number of nitrogens with two attached hydrogens (primary N) is 1. The molecule has 0 bridgehead atoms. The second-order valence-electron chi connectivity index (χ2n) is 4.65. The van der Waals surface area contributed by atoms with Crippen LogP contribution in [0.15, 0.2) is 11.8 Å². The molecule has 0 aliphatic rings. The molecule has 0 rings (SSSR count). The third-order valence-electron chi connectivity index (χ3n) is 2.00. The average molecular weight is 212 g/mol. The van der Waals surface area contributed by atoms with Crippen molar-refractivity contribution < 1.29 is 4.74 Å². The highest BCUT2D eigenvalue weighted by atomic mass is 16.5. The fraction of sp³-hybridized carbons (Fsp3) is 0.750. The topological polar surface area (TPSA) is 59.1 Å². The maximum atomic E-state index is 7.56. The number of allylic oxidation sites excluding steroid dienone is 2. The number of hydrogen-bond acceptors (Lipinski definition) is 3. The first-order valence-electron chi connectivity index (χ1n) is 5.56. The van der Waals surface area contributed by atoms with Crippen LogP contribution in [0.5, 0.6) is 0 Å². The minimum absolute atomic E-state index is 0.138. The highest BCUT2D eigenvalue weighted by Crippen LogP contribution is 2.15. The van der Waals surface area contributed by atoms with Crippen molar-refractivity contribution >= 4 is 5.90 Å². The summed E-state index contributed by atoms with van der Waals surface area (Å²) in [6.45, 7) is 10.2. The van der Waals surface area contributed by atoms with Gasteiger partial charge >= 0.3 is 0 Å². The normalized spacial score (nSPS) is 14.5. The molecule has 0 saturated heterocycles. The summed E-state index contributed by atoms with van der Waals surface area (Å²) in [5.74, 6) is 1.89. The molecule has 15 heavy (non-hydrogen) atoms. The van der Waals surface area contributed by atoms with E-state index in [2.05, 4.69) is 33.8 Å². The Bertz CT molecular complexity index is 230. The lowest BCUT2D eigenvalue weighted by atomic mass is 10.1. The van der Waals surface area contributed by atoms with Crippen LogP contribution in [0.3, 0.4) is 0 Å². The number of nitrogens with one attached hydrogen (secondary N) is 1. The maximum Gasteiger partial charge on any atom is 0.203 e. The van der Waals surface area contributed by atoms with Crippen LogP contribution < -0.4 is 5.73 Å². The highest BCUT2D eigenvalue weighted by molar-refractivity contribution is 5.78. The summed E-state index contributed by atoms with van der Waals surface area (Å²) in [5, 5.41) is 7.56. The lowest BCUT2D eigenvalue weighted by Crippen LogP contribution is -2.28. The Morgan fingerprint density at radius 2 is 1.80 bits per heavy atom. The zero-order valence-corrected chi connectivity index (χ0v) is 10.5. The van der Waals surface area contributed by atoms with E-state index in [-0.39, 0.29) is 11.9 Å². The standard InChI is InChI=1S/C12H24N2O/c1-8(2)6-7-11(9(3)4)15-12(14)10(5)13/h7-10,14H,6,13H2,1-5H3/b11-7+,14-12?. The maximum absolute atomic E-state index is 7.56. The van der Waals surface area contributed by atoms with Crippen molar-refractivity contribution in [2.45, 2.75) is 47.1 Å². The van der Waals surface area contributed by atoms with E-state index < -0.39 is 0 Å². The van der Waals surface area contributed by atoms with Gasteiger partial charge in [0.15, 0.2) is 0 Å². The van der Waals surface area contributed by atoms with Crippen molar-refractivity contribution in [3.05, 3.63) is 11.8 Å². The first kappa shape index (κ1) is 14.2. The highest BCUT2D eigenvalue weighted by Gasteiger charge is 2.11. The van der Waals surface area contributed by atoms with Gasteiger partial charge in [0, 0.05) is 5.92 Å². The van der Waals surface area contributed by atoms with Crippen LogP contribution in [-0.2, 0) is 4.74 Å². The molecular formula is C12H24N2O. The molecule has 1 unspecified atom stereocenters. The van der Waals surface area contributed by atoms with Gasteiger partial charge < -0.3 is 10.5 Å². The molecule has 0 saturated carbocycles. The van der Waals surface area contributed by atoms with Crippen molar-refractivity contribution in [2.75, 3.05) is 0 Å². The lowest BCUT2D eigenvalue weighted by Gasteiger charge is -2.16. The van der Waals surface area contributed by atoms with E-state index in [1.165, 1.54) is 0 Å². The van der Waals surface area contributed by atoms with Crippen molar-refractivity contribution in [2.24, 2.45) is 17.6 Å². The molecule has 0 heterocycles. The Balaban J connectivity index is 4.41. The van der Waals surface area contributed by atoms with Crippen LogP contribution in [0, 0.1) is 17.2 Å². The van der Waals surface area contributed by atoms with Gasteiger partial charge in [-0.05, 0) is 25.3 Å². The summed E-state index contributed by atoms with van der Waals surface area (Å²) in [7, 11) is 0. The third-order valence-corrected chi connectivity index (χ3v) is 2.00. The zero-order chi connectivity index (χ0) is 12.0. The summed E-state index contributed by atoms with van der Waals surface area (Å²) >= 11 is 0. The van der Waals surface area contributed by atoms with E-state index in [9.17, 15) is 0 Å². The van der Waals surface area contributed by atoms with Crippen molar-refractivity contribution in [1.82, 2.24) is 0 Å². The molecule has 3 heteroatoms. The van der Waals surface area contributed by atoms with E-state index in [1.807, 2.05) is 0 Å². The van der Waals surface area contributed by atoms with E-state index in [4.69, 9.17) is 15.9 Å². The molecule has 0 radical (unpaired) electrons. The first-order valence-corrected chi connectivity index (χ1v) is 5.56. The Hall–Kier alpha value is -0.830. The minimum atomic E-state index is -0.341. The summed E-state index contributed by atoms with van der Waals surface area (Å²) in [4.78, 5) is 0. The Kier molecular flexibility index (Phi) is 6.25. The Labute approximate surface area is 93.2 Å². The molecule has 0 aromatic carbocycles. The number of ether oxygens (including phenoxy) is 1. The van der Waals surface area contributed by atoms with Crippen molar-refractivity contribution in [3.63, 3.8) is 0 Å². The van der Waals surface area contributed by atoms with Crippen LogP contribution >= 0.6 is 0 Å². The second kappa shape index (κ2) is 6.62. The number of rotatable bonds is 5. The van der Waals surface area contributed by atoms with Crippen LogP contribution in [0.4, 0.5) is 0 Å². The molecule has 3 nitrogen and oxygen atoms in total. The van der Waals surface area contributed by atoms with Crippen LogP contribution in [0.1, 0.15) is 41.0 Å². The van der Waals surface area contributed by atoms with Gasteiger partial charge in [-0.3, -0.25) is 5.41 Å². The molecule has 88 valence electrons. The van der Waals surface area contributed by atoms with Crippen LogP contribution in [-0.4, -0.2) is 11.9 Å². The molecule has 0 amide bonds. The van der Waals surface area contributed by atoms with Gasteiger partial charge in [-0.2, -0.15) is 0 Å². The van der Waals surface area contributed by atoms with E-state index >= 15 is 0 Å². The molecule has 0 spiro atoms. The van der Waals surface area contributed by atoms with E-state index in [1.54, 1.807) is 6.92 Å². The van der Waals surface area contributed by atoms with Crippen molar-refractivity contribution in [3.8, 4) is 0 Å². The second-order valence-corrected chi connectivity index (χ2v) is 4.65. The predicted octanol–water partition coefficient (Wildman–Crippen LogP) is 2.91. The molecule has 0 fully saturated rings. The molecular weight excluding hydrogens is 188 g/mol. The van der Waals surface area contributed by atoms with E-state index in [0.29, 0.717) is 11.8 Å². The van der Waals surface area contributed by atoms with Crippen molar-refractivity contribution in [1.29, 1.82) is 5.41 Å². The molecule has 1 atom stereocenters. The summed E-state index contributed by atoms with van der Waals surface area (Å²) in [6.07, 6.45) is 3.03. The monoisotopic (exact) mass is 212 g/mol. The molecule has 0 aromatic rings. The number of hydrogen-bond donors (Lipinski definition) is 2. The predicted molar refractivity (Wildman–Crippen MR) is 64.8 cm³/mol. The first-order chi connectivity index (χ1) is 6.84. The third kappa shape index (κ3) is 6.28. The quantitative estimate of drug-likeness (QED) is 0.418. The van der Waals surface area contributed by atoms with Gasteiger partial charge in [0.05, 0.1) is 6.04 Å². The summed E-state index contributed by atoms with van der Waals surface area (Å²) < 4.78 is 5.44. The van der Waals surface area contributed by atoms with Gasteiger partial charge in [0.2, 0.25) is 5.90 Å². The molecule has 0 aromatic heterocycles. The lowest BCUT2D eigenvalue weighted by molar-refractivity contribution is 0.337. The van der Waals surface area contributed by atoms with Gasteiger partial charge in [-0.1, -0.05) is 27.7 Å². The Morgan fingerprint density at radius 1 is 1.27 bits per heavy atom. The van der Waals surface area contributed by atoms with E-state index in [0.717, 1.165) is 12.2 Å². The fourth-order valence-electron chi connectivity index (χ4n) is 0.967. The van der Waals surface area contributed by atoms with Crippen LogP contribution in [0.25, 0.3) is 0 Å². The zero-order valence-electron chi connectivity index (χ0n) is 10.5. The SMILES string of the molecule is CC(C)C/C=C(/OC(=N)C(C)N)C(C)C. The minimum Gasteiger partial charge on any atom is -0.446 e. The molecule has 3 N–H and O–H groups in total. The Morgan fingerprint density at radius 3 is 2.13 bits per heavy atom. The fourth-order valence-corrected chi connectivity index (χ4v) is 0.967. The van der Waals surface area contributed by atoms with Gasteiger partial charge in [-0.15, -0.1) is 0 Å². The molecule has 0 aliphatic carbocycles. The van der Waals surface area contributed by atoms with Gasteiger partial charge in [-0.25, -0.2) is 0 Å². The largest absolute Gasteiger partial charge is 0.446 e. The van der Waals surface area contributed by atoms with Crippen LogP contribution in [0.2, 0.25) is 0 Å². The summed E-state index contributed by atoms with van der Waals surface area (Å²) in [5.41, 5.74) is 5.56. The molecule has 0 aliphatic heterocycles.